The summed E-state index contributed by atoms with van der Waals surface area (Å²) in [5.74, 6) is -1.03. The first-order chi connectivity index (χ1) is 10.5. The van der Waals surface area contributed by atoms with E-state index in [1.54, 1.807) is 0 Å². The van der Waals surface area contributed by atoms with Gasteiger partial charge in [0.15, 0.2) is 0 Å². The molecule has 128 valence electrons. The number of benzene rings is 1. The molecule has 0 saturated heterocycles. The van der Waals surface area contributed by atoms with Gasteiger partial charge in [0.25, 0.3) is 11.6 Å². The van der Waals surface area contributed by atoms with E-state index in [0.29, 0.717) is 5.92 Å². The fourth-order valence-corrected chi connectivity index (χ4v) is 3.00. The number of halogens is 2. The number of hydrogen-bond acceptors (Lipinski definition) is 4. The molecule has 23 heavy (non-hydrogen) atoms. The monoisotopic (exact) mass is 345 g/mol. The predicted octanol–water partition coefficient (Wildman–Crippen LogP) is 2.79. The van der Waals surface area contributed by atoms with Crippen LogP contribution in [0.1, 0.15) is 42.5 Å². The number of carbonyl (C=O) groups excluding carboxylic acids is 1. The lowest BCUT2D eigenvalue weighted by Gasteiger charge is -2.30. The minimum atomic E-state index is -0.754. The van der Waals surface area contributed by atoms with E-state index < -0.39 is 22.3 Å². The largest absolute Gasteiger partial charge is 0.348 e. The second-order valence-electron chi connectivity index (χ2n) is 5.63. The van der Waals surface area contributed by atoms with Crippen LogP contribution in [0.15, 0.2) is 18.2 Å². The van der Waals surface area contributed by atoms with Crippen LogP contribution in [-0.2, 0) is 0 Å². The number of carbonyl (C=O) groups is 1. The van der Waals surface area contributed by atoms with Crippen LogP contribution < -0.4 is 11.1 Å². The van der Waals surface area contributed by atoms with Gasteiger partial charge in [-0.15, -0.1) is 12.4 Å². The van der Waals surface area contributed by atoms with Gasteiger partial charge < -0.3 is 11.1 Å². The highest BCUT2D eigenvalue weighted by Gasteiger charge is 2.27. The molecule has 0 bridgehead atoms. The Morgan fingerprint density at radius 2 is 2.04 bits per heavy atom. The molecule has 3 N–H and O–H groups in total. The van der Waals surface area contributed by atoms with Crippen molar-refractivity contribution in [2.75, 3.05) is 6.54 Å². The molecular weight excluding hydrogens is 325 g/mol. The van der Waals surface area contributed by atoms with Gasteiger partial charge in [0.1, 0.15) is 11.4 Å². The lowest BCUT2D eigenvalue weighted by molar-refractivity contribution is -0.385. The van der Waals surface area contributed by atoms with Crippen molar-refractivity contribution in [2.24, 2.45) is 11.7 Å². The number of nitro benzene ring substituents is 1. The van der Waals surface area contributed by atoms with Crippen LogP contribution in [0, 0.1) is 21.8 Å². The van der Waals surface area contributed by atoms with Crippen molar-refractivity contribution in [3.63, 3.8) is 0 Å². The normalized spacial score (nSPS) is 16.3. The highest BCUT2D eigenvalue weighted by molar-refractivity contribution is 5.98. The van der Waals surface area contributed by atoms with Crippen LogP contribution in [0.25, 0.3) is 0 Å². The third-order valence-corrected chi connectivity index (χ3v) is 4.19. The van der Waals surface area contributed by atoms with E-state index >= 15 is 0 Å². The number of nitrogens with zero attached hydrogens (tertiary/aromatic N) is 1. The fraction of sp³-hybridized carbons (Fsp3) is 0.533. The maximum Gasteiger partial charge on any atom is 0.285 e. The summed E-state index contributed by atoms with van der Waals surface area (Å²) in [6, 6.07) is 2.72. The molecule has 1 aromatic carbocycles. The Kier molecular flexibility index (Phi) is 7.38. The van der Waals surface area contributed by atoms with E-state index in [4.69, 9.17) is 5.73 Å². The maximum atomic E-state index is 13.1. The molecule has 0 radical (unpaired) electrons. The average molecular weight is 346 g/mol. The Labute approximate surface area is 140 Å². The van der Waals surface area contributed by atoms with Gasteiger partial charge in [0, 0.05) is 12.6 Å². The van der Waals surface area contributed by atoms with Gasteiger partial charge in [0.2, 0.25) is 0 Å². The van der Waals surface area contributed by atoms with Crippen LogP contribution in [0.5, 0.6) is 0 Å². The van der Waals surface area contributed by atoms with E-state index in [2.05, 4.69) is 5.32 Å². The highest BCUT2D eigenvalue weighted by Crippen LogP contribution is 2.27. The second-order valence-corrected chi connectivity index (χ2v) is 5.63. The molecule has 0 aromatic heterocycles. The minimum Gasteiger partial charge on any atom is -0.348 e. The Hall–Kier alpha value is -1.73. The lowest BCUT2D eigenvalue weighted by atomic mass is 9.84. The maximum absolute atomic E-state index is 13.1. The number of nitrogens with two attached hydrogens (primary N) is 1. The third-order valence-electron chi connectivity index (χ3n) is 4.19. The van der Waals surface area contributed by atoms with Gasteiger partial charge >= 0.3 is 0 Å². The van der Waals surface area contributed by atoms with E-state index in [1.807, 2.05) is 0 Å². The molecule has 0 spiro atoms. The summed E-state index contributed by atoms with van der Waals surface area (Å²) in [6.07, 6.45) is 5.38. The Balaban J connectivity index is 0.00000264. The summed E-state index contributed by atoms with van der Waals surface area (Å²) in [6.45, 7) is 0.283. The van der Waals surface area contributed by atoms with Crippen molar-refractivity contribution < 1.29 is 14.1 Å². The van der Waals surface area contributed by atoms with Crippen LogP contribution in [0.2, 0.25) is 0 Å². The molecule has 2 rings (SSSR count). The summed E-state index contributed by atoms with van der Waals surface area (Å²) >= 11 is 0. The molecule has 8 heteroatoms. The number of nitro groups is 1. The van der Waals surface area contributed by atoms with E-state index in [-0.39, 0.29) is 30.6 Å². The molecule has 1 saturated carbocycles. The summed E-state index contributed by atoms with van der Waals surface area (Å²) < 4.78 is 13.1. The number of nitrogens with one attached hydrogen (secondary N) is 1. The first-order valence-electron chi connectivity index (χ1n) is 7.47. The molecular formula is C15H21ClFN3O3. The van der Waals surface area contributed by atoms with E-state index in [1.165, 1.54) is 6.42 Å². The summed E-state index contributed by atoms with van der Waals surface area (Å²) in [5.41, 5.74) is 5.07. The molecule has 1 amide bonds. The smallest absolute Gasteiger partial charge is 0.285 e. The first kappa shape index (κ1) is 19.3. The SMILES string of the molecule is Cl.NCC(NC(=O)c1ccc(F)cc1[N+](=O)[O-])C1CCCCC1. The summed E-state index contributed by atoms with van der Waals surface area (Å²) in [7, 11) is 0. The van der Waals surface area contributed by atoms with Gasteiger partial charge in [-0.25, -0.2) is 4.39 Å². The van der Waals surface area contributed by atoms with Gasteiger partial charge in [-0.2, -0.15) is 0 Å². The van der Waals surface area contributed by atoms with E-state index in [0.717, 1.165) is 43.9 Å². The van der Waals surface area contributed by atoms with Crippen molar-refractivity contribution in [1.29, 1.82) is 0 Å². The zero-order chi connectivity index (χ0) is 16.1. The second kappa shape index (κ2) is 8.79. The van der Waals surface area contributed by atoms with Crippen molar-refractivity contribution in [3.8, 4) is 0 Å². The van der Waals surface area contributed by atoms with Crippen LogP contribution >= 0.6 is 12.4 Å². The first-order valence-corrected chi connectivity index (χ1v) is 7.47. The molecule has 1 unspecified atom stereocenters. The Bertz CT molecular complexity index is 565. The minimum absolute atomic E-state index is 0. The predicted molar refractivity (Wildman–Crippen MR) is 87.2 cm³/mol. The topological polar surface area (TPSA) is 98.3 Å². The third kappa shape index (κ3) is 4.87. The Morgan fingerprint density at radius 3 is 2.61 bits per heavy atom. The van der Waals surface area contributed by atoms with Gasteiger partial charge in [-0.05, 0) is 30.9 Å². The molecule has 1 atom stereocenters. The van der Waals surface area contributed by atoms with Crippen molar-refractivity contribution in [3.05, 3.63) is 39.7 Å². The van der Waals surface area contributed by atoms with Crippen LogP contribution in [0.3, 0.4) is 0 Å². The zero-order valence-corrected chi connectivity index (χ0v) is 13.5. The number of hydrogen-bond donors (Lipinski definition) is 2. The Morgan fingerprint density at radius 1 is 1.39 bits per heavy atom. The molecule has 1 aliphatic carbocycles. The number of amides is 1. The van der Waals surface area contributed by atoms with Gasteiger partial charge in [-0.3, -0.25) is 14.9 Å². The highest BCUT2D eigenvalue weighted by atomic mass is 35.5. The molecule has 1 aliphatic rings. The van der Waals surface area contributed by atoms with Crippen molar-refractivity contribution >= 4 is 24.0 Å². The quantitative estimate of drug-likeness (QED) is 0.633. The van der Waals surface area contributed by atoms with Crippen molar-refractivity contribution in [2.45, 2.75) is 38.1 Å². The molecule has 1 aromatic rings. The average Bonchev–Trinajstić information content (AvgIpc) is 2.53. The fourth-order valence-electron chi connectivity index (χ4n) is 3.00. The van der Waals surface area contributed by atoms with Crippen LogP contribution in [0.4, 0.5) is 10.1 Å². The van der Waals surface area contributed by atoms with Gasteiger partial charge in [0.05, 0.1) is 11.0 Å². The molecule has 0 aliphatic heterocycles. The summed E-state index contributed by atoms with van der Waals surface area (Å²) in [4.78, 5) is 22.5. The van der Waals surface area contributed by atoms with Crippen molar-refractivity contribution in [1.82, 2.24) is 5.32 Å². The molecule has 1 fully saturated rings. The van der Waals surface area contributed by atoms with E-state index in [9.17, 15) is 19.3 Å². The standard InChI is InChI=1S/C15H20FN3O3.ClH/c16-11-6-7-12(14(8-11)19(21)22)15(20)18-13(9-17)10-4-2-1-3-5-10;/h6-8,10,13H,1-5,9,17H2,(H,18,20);1H. The number of rotatable bonds is 5. The van der Waals surface area contributed by atoms with Gasteiger partial charge in [-0.1, -0.05) is 19.3 Å². The molecule has 0 heterocycles. The van der Waals surface area contributed by atoms with Crippen LogP contribution in [-0.4, -0.2) is 23.4 Å². The lowest BCUT2D eigenvalue weighted by Crippen LogP contribution is -2.46. The summed E-state index contributed by atoms with van der Waals surface area (Å²) in [5, 5.41) is 13.7. The zero-order valence-electron chi connectivity index (χ0n) is 12.7. The molecule has 6 nitrogen and oxygen atoms in total.